The van der Waals surface area contributed by atoms with E-state index in [2.05, 4.69) is 113 Å². The van der Waals surface area contributed by atoms with Gasteiger partial charge in [-0.3, -0.25) is 0 Å². The Morgan fingerprint density at radius 3 is 2.12 bits per heavy atom. The number of nitrogens with zero attached hydrogens (tertiary/aromatic N) is 2. The zero-order valence-electron chi connectivity index (χ0n) is 18.5. The molecule has 8 rings (SSSR count). The first-order chi connectivity index (χ1) is 16.3. The Bertz CT molecular complexity index is 1740. The van der Waals surface area contributed by atoms with Crippen molar-refractivity contribution >= 4 is 27.3 Å². The van der Waals surface area contributed by atoms with Crippen LogP contribution in [0, 0.1) is 6.92 Å². The Labute approximate surface area is 192 Å². The molecule has 0 fully saturated rings. The first-order valence-corrected chi connectivity index (χ1v) is 11.8. The highest BCUT2D eigenvalue weighted by atomic mass is 15.2. The van der Waals surface area contributed by atoms with Gasteiger partial charge < -0.3 is 0 Å². The van der Waals surface area contributed by atoms with E-state index in [4.69, 9.17) is 0 Å². The molecule has 0 amide bonds. The molecule has 2 heteroatoms. The molecular formula is C31H23N2+. The summed E-state index contributed by atoms with van der Waals surface area (Å²) >= 11 is 0. The molecule has 0 spiro atoms. The fourth-order valence-electron chi connectivity index (χ4n) is 6.77. The molecule has 0 saturated heterocycles. The predicted molar refractivity (Wildman–Crippen MR) is 133 cm³/mol. The maximum atomic E-state index is 2.62. The molecular weight excluding hydrogens is 400 g/mol. The average Bonchev–Trinajstić information content (AvgIpc) is 3.40. The van der Waals surface area contributed by atoms with Gasteiger partial charge in [0.2, 0.25) is 0 Å². The van der Waals surface area contributed by atoms with Crippen molar-refractivity contribution in [2.75, 3.05) is 0 Å². The molecule has 33 heavy (non-hydrogen) atoms. The number of imidazole rings is 1. The van der Waals surface area contributed by atoms with Crippen LogP contribution in [0.25, 0.3) is 27.3 Å². The van der Waals surface area contributed by atoms with Crippen LogP contribution in [0.15, 0.2) is 97.1 Å². The molecule has 4 aromatic carbocycles. The molecule has 2 nitrogen and oxygen atoms in total. The minimum absolute atomic E-state index is 0.267. The van der Waals surface area contributed by atoms with Gasteiger partial charge in [-0.2, -0.15) is 4.40 Å². The number of aromatic nitrogens is 2. The van der Waals surface area contributed by atoms with Crippen molar-refractivity contribution in [1.82, 2.24) is 4.57 Å². The van der Waals surface area contributed by atoms with E-state index in [0.29, 0.717) is 0 Å². The lowest BCUT2D eigenvalue weighted by atomic mass is 9.72. The predicted octanol–water partition coefficient (Wildman–Crippen LogP) is 6.48. The molecule has 2 aliphatic heterocycles. The Morgan fingerprint density at radius 1 is 0.697 bits per heavy atom. The van der Waals surface area contributed by atoms with Gasteiger partial charge in [-0.15, -0.1) is 0 Å². The summed E-state index contributed by atoms with van der Waals surface area (Å²) < 4.78 is 5.18. The lowest BCUT2D eigenvalue weighted by molar-refractivity contribution is -0.494. The van der Waals surface area contributed by atoms with Crippen LogP contribution in [0.5, 0.6) is 0 Å². The third-order valence-electron chi connectivity index (χ3n) is 8.05. The van der Waals surface area contributed by atoms with E-state index in [1.165, 1.54) is 61.0 Å². The van der Waals surface area contributed by atoms with E-state index in [1.807, 2.05) is 0 Å². The summed E-state index contributed by atoms with van der Waals surface area (Å²) in [6.45, 7) is 3.29. The number of para-hydroxylation sites is 1. The molecule has 0 saturated carbocycles. The summed E-state index contributed by atoms with van der Waals surface area (Å²) in [5.74, 6) is 0.540. The third kappa shape index (κ3) is 2.07. The Morgan fingerprint density at radius 2 is 1.36 bits per heavy atom. The number of benzene rings is 4. The summed E-state index contributed by atoms with van der Waals surface area (Å²) in [5, 5.41) is 4.19. The summed E-state index contributed by atoms with van der Waals surface area (Å²) in [6, 6.07) is 36.0. The van der Waals surface area contributed by atoms with Gasteiger partial charge >= 0.3 is 0 Å². The van der Waals surface area contributed by atoms with E-state index in [1.54, 1.807) is 0 Å². The zero-order valence-corrected chi connectivity index (χ0v) is 18.5. The van der Waals surface area contributed by atoms with Crippen molar-refractivity contribution in [2.24, 2.45) is 0 Å². The largest absolute Gasteiger partial charge is 0.295 e. The molecule has 2 atom stereocenters. The summed E-state index contributed by atoms with van der Waals surface area (Å²) in [6.07, 6.45) is 0. The normalized spacial score (nSPS) is 18.3. The summed E-state index contributed by atoms with van der Waals surface area (Å²) in [7, 11) is 0. The van der Waals surface area contributed by atoms with E-state index in [0.717, 1.165) is 6.54 Å². The van der Waals surface area contributed by atoms with Gasteiger partial charge in [0.05, 0.1) is 11.3 Å². The third-order valence-corrected chi connectivity index (χ3v) is 8.05. The first kappa shape index (κ1) is 17.6. The highest BCUT2D eigenvalue weighted by Crippen LogP contribution is 2.50. The summed E-state index contributed by atoms with van der Waals surface area (Å²) in [5.41, 5.74) is 11.3. The fraction of sp³-hybridized carbons (Fsp3) is 0.129. The number of hydrogen-bond donors (Lipinski definition) is 0. The van der Waals surface area contributed by atoms with Crippen LogP contribution in [0.1, 0.15) is 45.5 Å². The van der Waals surface area contributed by atoms with Crippen LogP contribution in [0.3, 0.4) is 0 Å². The highest BCUT2D eigenvalue weighted by molar-refractivity contribution is 6.12. The molecule has 2 unspecified atom stereocenters. The molecule has 2 aromatic heterocycles. The topological polar surface area (TPSA) is 9.03 Å². The molecule has 0 N–H and O–H groups in total. The van der Waals surface area contributed by atoms with E-state index in [9.17, 15) is 0 Å². The standard InChI is InChI=1S/C31H23N2/c1-19-29-28(21-12-6-3-7-13-21)26(20-10-4-2-5-11-20)25-17-9-16-24-23-15-8-14-22-18-32(19)31(27(22)23)33(29)30(24)25/h2-17,26,28H,18H2,1H3/q+1. The van der Waals surface area contributed by atoms with Crippen molar-refractivity contribution in [1.29, 1.82) is 0 Å². The number of pyridine rings is 1. The van der Waals surface area contributed by atoms with Gasteiger partial charge in [0.1, 0.15) is 17.8 Å². The number of hydrogen-bond acceptors (Lipinski definition) is 0. The smallest absolute Gasteiger partial charge is 0.222 e. The van der Waals surface area contributed by atoms with Crippen LogP contribution < -0.4 is 4.40 Å². The van der Waals surface area contributed by atoms with Gasteiger partial charge in [0.15, 0.2) is 5.69 Å². The van der Waals surface area contributed by atoms with Crippen LogP contribution in [-0.2, 0) is 6.54 Å². The van der Waals surface area contributed by atoms with Crippen molar-refractivity contribution in [3.63, 3.8) is 0 Å². The minimum Gasteiger partial charge on any atom is -0.222 e. The number of rotatable bonds is 2. The van der Waals surface area contributed by atoms with E-state index >= 15 is 0 Å². The SMILES string of the molecule is Cc1c2[n+]3c4c(cccc4c4cccc5c4c3n1C5)C(c1ccccc1)C2c1ccccc1. The zero-order chi connectivity index (χ0) is 21.7. The van der Waals surface area contributed by atoms with E-state index < -0.39 is 0 Å². The summed E-state index contributed by atoms with van der Waals surface area (Å²) in [4.78, 5) is 0. The Balaban J connectivity index is 1.64. The van der Waals surface area contributed by atoms with Crippen LogP contribution in [-0.4, -0.2) is 4.57 Å². The lowest BCUT2D eigenvalue weighted by Gasteiger charge is -2.31. The highest BCUT2D eigenvalue weighted by Gasteiger charge is 2.45. The van der Waals surface area contributed by atoms with Crippen LogP contribution >= 0.6 is 0 Å². The minimum atomic E-state index is 0.267. The van der Waals surface area contributed by atoms with Gasteiger partial charge in [-0.25, -0.2) is 4.57 Å². The van der Waals surface area contributed by atoms with Crippen molar-refractivity contribution in [3.8, 4) is 0 Å². The van der Waals surface area contributed by atoms with Crippen molar-refractivity contribution < 1.29 is 4.40 Å². The van der Waals surface area contributed by atoms with Gasteiger partial charge in [-0.1, -0.05) is 97.1 Å². The first-order valence-electron chi connectivity index (χ1n) is 11.8. The van der Waals surface area contributed by atoms with Gasteiger partial charge in [0, 0.05) is 34.7 Å². The molecule has 0 bridgehead atoms. The van der Waals surface area contributed by atoms with Crippen LogP contribution in [0.4, 0.5) is 0 Å². The molecule has 4 heterocycles. The fourth-order valence-corrected chi connectivity index (χ4v) is 6.77. The second kappa shape index (κ2) is 6.11. The van der Waals surface area contributed by atoms with Crippen LogP contribution in [0.2, 0.25) is 0 Å². The second-order valence-electron chi connectivity index (χ2n) is 9.58. The Hall–Kier alpha value is -3.91. The van der Waals surface area contributed by atoms with E-state index in [-0.39, 0.29) is 11.8 Å². The molecule has 156 valence electrons. The van der Waals surface area contributed by atoms with Gasteiger partial charge in [-0.05, 0) is 11.1 Å². The molecule has 0 aliphatic carbocycles. The molecule has 0 radical (unpaired) electrons. The number of fused-ring (bicyclic) bond motifs is 1. The monoisotopic (exact) mass is 423 g/mol. The maximum Gasteiger partial charge on any atom is 0.295 e. The Kier molecular flexibility index (Phi) is 3.26. The van der Waals surface area contributed by atoms with Crippen molar-refractivity contribution in [2.45, 2.75) is 25.3 Å². The molecule has 2 aliphatic rings. The second-order valence-corrected chi connectivity index (χ2v) is 9.58. The van der Waals surface area contributed by atoms with Gasteiger partial charge in [0.25, 0.3) is 5.65 Å². The quantitative estimate of drug-likeness (QED) is 0.222. The maximum absolute atomic E-state index is 2.62. The van der Waals surface area contributed by atoms with Crippen molar-refractivity contribution in [3.05, 3.63) is 131 Å². The lowest BCUT2D eigenvalue weighted by Crippen LogP contribution is -2.36. The molecule has 6 aromatic rings. The average molecular weight is 424 g/mol.